The molecular formula is C9H21N. The molecule has 1 aliphatic carbocycles. The molecule has 1 N–H and O–H groups in total. The summed E-state index contributed by atoms with van der Waals surface area (Å²) in [5.74, 6) is 2.02. The molecule has 0 aromatic carbocycles. The maximum atomic E-state index is 3.34. The lowest BCUT2D eigenvalue weighted by molar-refractivity contribution is 0.631. The van der Waals surface area contributed by atoms with Crippen LogP contribution in [0.15, 0.2) is 0 Å². The first kappa shape index (κ1) is 9.96. The van der Waals surface area contributed by atoms with E-state index in [0.717, 1.165) is 18.4 Å². The van der Waals surface area contributed by atoms with Gasteiger partial charge in [-0.1, -0.05) is 27.7 Å². The van der Waals surface area contributed by atoms with Crippen molar-refractivity contribution in [2.24, 2.45) is 11.8 Å². The number of hydrogen-bond donors (Lipinski definition) is 1. The molecule has 1 heteroatoms. The van der Waals surface area contributed by atoms with Gasteiger partial charge in [-0.25, -0.2) is 0 Å². The van der Waals surface area contributed by atoms with Gasteiger partial charge in [0.05, 0.1) is 0 Å². The van der Waals surface area contributed by atoms with E-state index in [1.165, 1.54) is 13.0 Å². The quantitative estimate of drug-likeness (QED) is 0.639. The van der Waals surface area contributed by atoms with E-state index in [4.69, 9.17) is 0 Å². The van der Waals surface area contributed by atoms with E-state index < -0.39 is 0 Å². The molecule has 0 heterocycles. The van der Waals surface area contributed by atoms with E-state index >= 15 is 0 Å². The second kappa shape index (κ2) is 5.72. The summed E-state index contributed by atoms with van der Waals surface area (Å²) < 4.78 is 0. The summed E-state index contributed by atoms with van der Waals surface area (Å²) in [6, 6.07) is 0. The molecular weight excluding hydrogens is 122 g/mol. The second-order valence-corrected chi connectivity index (χ2v) is 2.78. The van der Waals surface area contributed by atoms with Gasteiger partial charge in [-0.15, -0.1) is 0 Å². The van der Waals surface area contributed by atoms with Gasteiger partial charge >= 0.3 is 0 Å². The lowest BCUT2D eigenvalue weighted by Gasteiger charge is -1.95. The Labute approximate surface area is 65.2 Å². The lowest BCUT2D eigenvalue weighted by Crippen LogP contribution is -2.15. The van der Waals surface area contributed by atoms with Gasteiger partial charge in [0.1, 0.15) is 0 Å². The van der Waals surface area contributed by atoms with Gasteiger partial charge in [-0.3, -0.25) is 0 Å². The van der Waals surface area contributed by atoms with Gasteiger partial charge in [-0.2, -0.15) is 0 Å². The van der Waals surface area contributed by atoms with Crippen LogP contribution >= 0.6 is 0 Å². The Morgan fingerprint density at radius 2 is 1.90 bits per heavy atom. The molecule has 0 radical (unpaired) electrons. The van der Waals surface area contributed by atoms with Crippen molar-refractivity contribution in [3.8, 4) is 0 Å². The fourth-order valence-electron chi connectivity index (χ4n) is 1.01. The Morgan fingerprint density at radius 3 is 2.20 bits per heavy atom. The molecule has 0 amide bonds. The molecule has 1 aliphatic rings. The highest BCUT2D eigenvalue weighted by Crippen LogP contribution is 2.36. The number of nitrogens with one attached hydrogen (secondary N) is 1. The van der Waals surface area contributed by atoms with Crippen LogP contribution in [0.5, 0.6) is 0 Å². The third kappa shape index (κ3) is 3.89. The number of rotatable bonds is 3. The molecule has 1 fully saturated rings. The van der Waals surface area contributed by atoms with Gasteiger partial charge in [0.2, 0.25) is 0 Å². The molecule has 1 nitrogen and oxygen atoms in total. The number of hydrogen-bond acceptors (Lipinski definition) is 1. The molecule has 0 aliphatic heterocycles. The molecule has 0 bridgehead atoms. The monoisotopic (exact) mass is 143 g/mol. The van der Waals surface area contributed by atoms with Crippen LogP contribution in [0.2, 0.25) is 0 Å². The Hall–Kier alpha value is -0.0400. The lowest BCUT2D eigenvalue weighted by atomic mass is 10.3. The van der Waals surface area contributed by atoms with Crippen molar-refractivity contribution >= 4 is 0 Å². The van der Waals surface area contributed by atoms with Gasteiger partial charge in [0, 0.05) is 0 Å². The molecule has 0 saturated heterocycles. The van der Waals surface area contributed by atoms with E-state index in [2.05, 4.69) is 19.2 Å². The van der Waals surface area contributed by atoms with Crippen molar-refractivity contribution in [2.45, 2.75) is 34.1 Å². The van der Waals surface area contributed by atoms with Gasteiger partial charge in [-0.05, 0) is 31.3 Å². The minimum Gasteiger partial charge on any atom is -0.317 e. The first-order valence-electron chi connectivity index (χ1n) is 4.55. The molecule has 10 heavy (non-hydrogen) atoms. The molecule has 0 aromatic rings. The highest BCUT2D eigenvalue weighted by molar-refractivity contribution is 4.83. The Bertz CT molecular complexity index is 71.1. The van der Waals surface area contributed by atoms with Gasteiger partial charge in [0.25, 0.3) is 0 Å². The van der Waals surface area contributed by atoms with Crippen LogP contribution in [0, 0.1) is 11.8 Å². The molecule has 0 aromatic heterocycles. The average molecular weight is 143 g/mol. The van der Waals surface area contributed by atoms with Crippen molar-refractivity contribution in [1.29, 1.82) is 0 Å². The van der Waals surface area contributed by atoms with Crippen LogP contribution in [-0.4, -0.2) is 13.1 Å². The summed E-state index contributed by atoms with van der Waals surface area (Å²) in [5.41, 5.74) is 0. The van der Waals surface area contributed by atoms with Crippen molar-refractivity contribution in [3.63, 3.8) is 0 Å². The molecule has 62 valence electrons. The summed E-state index contributed by atoms with van der Waals surface area (Å²) in [4.78, 5) is 0. The van der Waals surface area contributed by atoms with Crippen LogP contribution in [0.3, 0.4) is 0 Å². The van der Waals surface area contributed by atoms with Crippen LogP contribution < -0.4 is 5.32 Å². The van der Waals surface area contributed by atoms with Crippen LogP contribution in [0.4, 0.5) is 0 Å². The standard InChI is InChI=1S/C7H15N.C2H6/c1-3-8-5-7-4-6(7)2;1-2/h6-8H,3-5H2,1-2H3;1-2H3. The Kier molecular flexibility index (Phi) is 5.70. The maximum absolute atomic E-state index is 3.34. The van der Waals surface area contributed by atoms with E-state index in [0.29, 0.717) is 0 Å². The van der Waals surface area contributed by atoms with Crippen LogP contribution in [0.25, 0.3) is 0 Å². The largest absolute Gasteiger partial charge is 0.317 e. The van der Waals surface area contributed by atoms with Crippen molar-refractivity contribution in [3.05, 3.63) is 0 Å². The predicted octanol–water partition coefficient (Wildman–Crippen LogP) is 2.28. The molecule has 1 saturated carbocycles. The second-order valence-electron chi connectivity index (χ2n) is 2.78. The summed E-state index contributed by atoms with van der Waals surface area (Å²) in [7, 11) is 0. The predicted molar refractivity (Wildman–Crippen MR) is 47.2 cm³/mol. The Balaban J connectivity index is 0.000000371. The molecule has 2 atom stereocenters. The normalized spacial score (nSPS) is 28.8. The van der Waals surface area contributed by atoms with Crippen LogP contribution in [0.1, 0.15) is 34.1 Å². The Morgan fingerprint density at radius 1 is 1.40 bits per heavy atom. The first-order chi connectivity index (χ1) is 4.84. The van der Waals surface area contributed by atoms with Gasteiger partial charge < -0.3 is 5.32 Å². The summed E-state index contributed by atoms with van der Waals surface area (Å²) in [6.07, 6.45) is 1.45. The highest BCUT2D eigenvalue weighted by Gasteiger charge is 2.31. The zero-order chi connectivity index (χ0) is 7.98. The van der Waals surface area contributed by atoms with Crippen molar-refractivity contribution < 1.29 is 0 Å². The first-order valence-corrected chi connectivity index (χ1v) is 4.55. The summed E-state index contributed by atoms with van der Waals surface area (Å²) in [5, 5.41) is 3.34. The fourth-order valence-corrected chi connectivity index (χ4v) is 1.01. The zero-order valence-corrected chi connectivity index (χ0v) is 7.78. The van der Waals surface area contributed by atoms with Crippen molar-refractivity contribution in [2.75, 3.05) is 13.1 Å². The molecule has 0 spiro atoms. The smallest absolute Gasteiger partial charge is 0.00180 e. The minimum atomic E-state index is 1.01. The van der Waals surface area contributed by atoms with E-state index in [9.17, 15) is 0 Å². The van der Waals surface area contributed by atoms with E-state index in [1.54, 1.807) is 0 Å². The minimum absolute atomic E-state index is 1.01. The summed E-state index contributed by atoms with van der Waals surface area (Å²) in [6.45, 7) is 10.9. The third-order valence-electron chi connectivity index (χ3n) is 1.93. The highest BCUT2D eigenvalue weighted by atomic mass is 14.9. The SMILES string of the molecule is CC.CCNCC1CC1C. The molecule has 2 unspecified atom stereocenters. The zero-order valence-electron chi connectivity index (χ0n) is 7.78. The fraction of sp³-hybridized carbons (Fsp3) is 1.00. The average Bonchev–Trinajstić information content (AvgIpc) is 2.67. The maximum Gasteiger partial charge on any atom is -0.00180 e. The van der Waals surface area contributed by atoms with Crippen molar-refractivity contribution in [1.82, 2.24) is 5.32 Å². The topological polar surface area (TPSA) is 12.0 Å². The molecule has 1 rings (SSSR count). The van der Waals surface area contributed by atoms with E-state index in [1.807, 2.05) is 13.8 Å². The summed E-state index contributed by atoms with van der Waals surface area (Å²) >= 11 is 0. The van der Waals surface area contributed by atoms with E-state index in [-0.39, 0.29) is 0 Å². The third-order valence-corrected chi connectivity index (χ3v) is 1.93. The van der Waals surface area contributed by atoms with Gasteiger partial charge in [0.15, 0.2) is 0 Å². The van der Waals surface area contributed by atoms with Crippen LogP contribution in [-0.2, 0) is 0 Å².